The van der Waals surface area contributed by atoms with E-state index in [-0.39, 0.29) is 11.8 Å². The van der Waals surface area contributed by atoms with Gasteiger partial charge in [0.25, 0.3) is 0 Å². The van der Waals surface area contributed by atoms with Crippen molar-refractivity contribution < 1.29 is 21.6 Å². The van der Waals surface area contributed by atoms with Gasteiger partial charge in [-0.25, -0.2) is 17.7 Å². The quantitative estimate of drug-likeness (QED) is 0.778. The first kappa shape index (κ1) is 19.4. The summed E-state index contributed by atoms with van der Waals surface area (Å²) in [6, 6.07) is 3.54. The van der Waals surface area contributed by atoms with Gasteiger partial charge in [0.1, 0.15) is 0 Å². The Morgan fingerprint density at radius 3 is 2.54 bits per heavy atom. The summed E-state index contributed by atoms with van der Waals surface area (Å²) in [4.78, 5) is 6.37. The number of anilines is 1. The van der Waals surface area contributed by atoms with E-state index in [0.29, 0.717) is 41.3 Å². The van der Waals surface area contributed by atoms with Crippen LogP contribution in [-0.2, 0) is 16.2 Å². The molecule has 1 saturated heterocycles. The van der Waals surface area contributed by atoms with E-state index in [4.69, 9.17) is 0 Å². The lowest BCUT2D eigenvalue weighted by Gasteiger charge is -2.35. The second-order valence-corrected chi connectivity index (χ2v) is 9.64. The number of rotatable bonds is 4. The molecule has 0 N–H and O–H groups in total. The summed E-state index contributed by atoms with van der Waals surface area (Å²) < 4.78 is 64.6. The van der Waals surface area contributed by atoms with E-state index < -0.39 is 21.8 Å². The molecule has 0 amide bonds. The third-order valence-electron chi connectivity index (χ3n) is 4.76. The number of hydrogen-bond donors (Lipinski definition) is 0. The van der Waals surface area contributed by atoms with Gasteiger partial charge in [-0.15, -0.1) is 0 Å². The van der Waals surface area contributed by atoms with Crippen molar-refractivity contribution >= 4 is 36.7 Å². The molecule has 1 aromatic carbocycles. The van der Waals surface area contributed by atoms with Crippen LogP contribution in [0.5, 0.6) is 0 Å². The van der Waals surface area contributed by atoms with Crippen LogP contribution >= 0.6 is 11.3 Å². The third-order valence-corrected chi connectivity index (χ3v) is 7.76. The number of hydrogen-bond acceptors (Lipinski definition) is 5. The van der Waals surface area contributed by atoms with E-state index in [1.807, 2.05) is 4.90 Å². The van der Waals surface area contributed by atoms with Crippen LogP contribution in [0.3, 0.4) is 0 Å². The average molecular weight is 407 g/mol. The highest BCUT2D eigenvalue weighted by Gasteiger charge is 2.32. The average Bonchev–Trinajstić information content (AvgIpc) is 3.03. The normalized spacial score (nSPS) is 17.4. The molecule has 1 aromatic heterocycles. The van der Waals surface area contributed by atoms with Crippen LogP contribution in [0.1, 0.15) is 25.3 Å². The van der Waals surface area contributed by atoms with Gasteiger partial charge in [0.05, 0.1) is 21.5 Å². The summed E-state index contributed by atoms with van der Waals surface area (Å²) in [7, 11) is -1.62. The molecular formula is C16H20F3N3O2S2. The fourth-order valence-electron chi connectivity index (χ4n) is 3.08. The molecule has 5 nitrogen and oxygen atoms in total. The molecule has 0 saturated carbocycles. The van der Waals surface area contributed by atoms with Crippen LogP contribution in [0.25, 0.3) is 10.2 Å². The Labute approximate surface area is 154 Å². The highest BCUT2D eigenvalue weighted by molar-refractivity contribution is 7.89. The number of sulfonamides is 1. The fraction of sp³-hybridized carbons (Fsp3) is 0.562. The summed E-state index contributed by atoms with van der Waals surface area (Å²) >= 11 is 1.36. The lowest BCUT2D eigenvalue weighted by molar-refractivity contribution is -0.137. The first-order chi connectivity index (χ1) is 12.1. The molecule has 1 fully saturated rings. The summed E-state index contributed by atoms with van der Waals surface area (Å²) in [5.74, 6) is 0.0725. The lowest BCUT2D eigenvalue weighted by atomic mass is 10.1. The van der Waals surface area contributed by atoms with Gasteiger partial charge in [0.2, 0.25) is 10.0 Å². The predicted molar refractivity (Wildman–Crippen MR) is 97.1 cm³/mol. The molecule has 1 aliphatic rings. The number of benzene rings is 1. The van der Waals surface area contributed by atoms with Crippen molar-refractivity contribution in [2.45, 2.75) is 32.0 Å². The van der Waals surface area contributed by atoms with Gasteiger partial charge < -0.3 is 4.90 Å². The maximum atomic E-state index is 12.8. The Morgan fingerprint density at radius 1 is 1.31 bits per heavy atom. The Kier molecular flexibility index (Phi) is 5.19. The van der Waals surface area contributed by atoms with Gasteiger partial charge in [-0.1, -0.05) is 11.3 Å². The smallest absolute Gasteiger partial charge is 0.348 e. The van der Waals surface area contributed by atoms with Crippen molar-refractivity contribution in [1.29, 1.82) is 0 Å². The molecule has 0 bridgehead atoms. The van der Waals surface area contributed by atoms with Crippen molar-refractivity contribution in [1.82, 2.24) is 9.29 Å². The highest BCUT2D eigenvalue weighted by Crippen LogP contribution is 2.35. The van der Waals surface area contributed by atoms with Gasteiger partial charge in [-0.2, -0.15) is 13.2 Å². The van der Waals surface area contributed by atoms with E-state index in [0.717, 1.165) is 12.1 Å². The number of thiazole rings is 1. The molecule has 1 aliphatic heterocycles. The van der Waals surface area contributed by atoms with E-state index in [1.165, 1.54) is 21.7 Å². The van der Waals surface area contributed by atoms with Crippen molar-refractivity contribution in [2.75, 3.05) is 30.8 Å². The maximum absolute atomic E-state index is 12.8. The number of alkyl halides is 3. The Morgan fingerprint density at radius 2 is 1.96 bits per heavy atom. The largest absolute Gasteiger partial charge is 0.416 e. The number of nitrogens with zero attached hydrogens (tertiary/aromatic N) is 3. The lowest BCUT2D eigenvalue weighted by Crippen LogP contribution is -2.46. The molecular weight excluding hydrogens is 387 g/mol. The van der Waals surface area contributed by atoms with Gasteiger partial charge in [-0.3, -0.25) is 0 Å². The van der Waals surface area contributed by atoms with Crippen molar-refractivity contribution in [2.24, 2.45) is 0 Å². The predicted octanol–water partition coefficient (Wildman–Crippen LogP) is 3.57. The second-order valence-electron chi connectivity index (χ2n) is 6.31. The molecule has 3 rings (SSSR count). The fourth-order valence-corrected chi connectivity index (χ4v) is 5.15. The summed E-state index contributed by atoms with van der Waals surface area (Å²) in [6.07, 6.45) is -3.05. The Balaban J connectivity index is 1.73. The minimum atomic E-state index is -4.38. The summed E-state index contributed by atoms with van der Waals surface area (Å²) in [6.45, 7) is 2.87. The van der Waals surface area contributed by atoms with Gasteiger partial charge >= 0.3 is 6.18 Å². The standard InChI is InChI=1S/C16H20F3N3O2S2/c1-3-26(23,24)21(2)12-6-8-22(9-7-12)15-20-13-10-11(16(17,18)19)4-5-14(13)25-15/h4-5,10,12H,3,6-9H2,1-2H3. The minimum Gasteiger partial charge on any atom is -0.348 e. The molecule has 10 heteroatoms. The Bertz CT molecular complexity index is 888. The second kappa shape index (κ2) is 6.97. The molecule has 0 unspecified atom stereocenters. The SMILES string of the molecule is CCS(=O)(=O)N(C)C1CCN(c2nc3cc(C(F)(F)F)ccc3s2)CC1. The van der Waals surface area contributed by atoms with Crippen LogP contribution < -0.4 is 4.90 Å². The number of halogens is 3. The van der Waals surface area contributed by atoms with Crippen LogP contribution in [0.15, 0.2) is 18.2 Å². The molecule has 26 heavy (non-hydrogen) atoms. The van der Waals surface area contributed by atoms with E-state index in [2.05, 4.69) is 4.98 Å². The molecule has 2 aromatic rings. The highest BCUT2D eigenvalue weighted by atomic mass is 32.2. The first-order valence-electron chi connectivity index (χ1n) is 8.30. The molecule has 0 aliphatic carbocycles. The monoisotopic (exact) mass is 407 g/mol. The third kappa shape index (κ3) is 3.81. The number of fused-ring (bicyclic) bond motifs is 1. The van der Waals surface area contributed by atoms with Crippen molar-refractivity contribution in [3.05, 3.63) is 23.8 Å². The van der Waals surface area contributed by atoms with Crippen LogP contribution in [-0.4, -0.2) is 49.6 Å². The molecule has 2 heterocycles. The van der Waals surface area contributed by atoms with Crippen LogP contribution in [0, 0.1) is 0 Å². The van der Waals surface area contributed by atoms with E-state index in [9.17, 15) is 21.6 Å². The van der Waals surface area contributed by atoms with Crippen molar-refractivity contribution in [3.63, 3.8) is 0 Å². The molecule has 0 atom stereocenters. The van der Waals surface area contributed by atoms with Crippen molar-refractivity contribution in [3.8, 4) is 0 Å². The zero-order chi connectivity index (χ0) is 19.1. The van der Waals surface area contributed by atoms with E-state index >= 15 is 0 Å². The minimum absolute atomic E-state index is 0.0533. The van der Waals surface area contributed by atoms with Gasteiger partial charge in [0.15, 0.2) is 5.13 Å². The Hall–Kier alpha value is -1.39. The van der Waals surface area contributed by atoms with E-state index in [1.54, 1.807) is 14.0 Å². The van der Waals surface area contributed by atoms with Crippen LogP contribution in [0.4, 0.5) is 18.3 Å². The number of aromatic nitrogens is 1. The summed E-state index contributed by atoms with van der Waals surface area (Å²) in [5, 5.41) is 0.679. The summed E-state index contributed by atoms with van der Waals surface area (Å²) in [5.41, 5.74) is -0.361. The topological polar surface area (TPSA) is 53.5 Å². The van der Waals surface area contributed by atoms with Gasteiger partial charge in [-0.05, 0) is 38.0 Å². The zero-order valence-corrected chi connectivity index (χ0v) is 16.1. The first-order valence-corrected chi connectivity index (χ1v) is 10.7. The zero-order valence-electron chi connectivity index (χ0n) is 14.5. The molecule has 0 radical (unpaired) electrons. The molecule has 144 valence electrons. The molecule has 0 spiro atoms. The number of piperidine rings is 1. The van der Waals surface area contributed by atoms with Gasteiger partial charge in [0, 0.05) is 26.2 Å². The van der Waals surface area contributed by atoms with Crippen LogP contribution in [0.2, 0.25) is 0 Å². The maximum Gasteiger partial charge on any atom is 0.416 e.